The second kappa shape index (κ2) is 5.05. The molecule has 0 atom stereocenters. The molecule has 0 aromatic carbocycles. The maximum absolute atomic E-state index is 11.0. The molecule has 1 heterocycles. The van der Waals surface area contributed by atoms with Crippen molar-refractivity contribution in [2.24, 2.45) is 0 Å². The molecule has 1 aromatic heterocycles. The first-order chi connectivity index (χ1) is 7.75. The van der Waals surface area contributed by atoms with Gasteiger partial charge in [-0.3, -0.25) is 4.79 Å². The predicted molar refractivity (Wildman–Crippen MR) is 59.5 cm³/mol. The molecular formula is C12H16N2O2. The van der Waals surface area contributed by atoms with Crippen molar-refractivity contribution < 1.29 is 9.53 Å². The molecular weight excluding hydrogens is 204 g/mol. The summed E-state index contributed by atoms with van der Waals surface area (Å²) in [6, 6.07) is 0.386. The molecule has 0 spiro atoms. The van der Waals surface area contributed by atoms with E-state index in [0.29, 0.717) is 11.6 Å². The van der Waals surface area contributed by atoms with Gasteiger partial charge in [0.15, 0.2) is 5.78 Å². The molecule has 1 fully saturated rings. The minimum Gasteiger partial charge on any atom is -0.460 e. The zero-order valence-electron chi connectivity index (χ0n) is 9.48. The van der Waals surface area contributed by atoms with Gasteiger partial charge in [0.1, 0.15) is 6.10 Å². The fraction of sp³-hybridized carbons (Fsp3) is 0.583. The van der Waals surface area contributed by atoms with Gasteiger partial charge in [-0.1, -0.05) is 6.42 Å². The maximum Gasteiger partial charge on any atom is 0.316 e. The van der Waals surface area contributed by atoms with E-state index in [9.17, 15) is 4.79 Å². The number of carbonyl (C=O) groups excluding carboxylic acids is 1. The first kappa shape index (κ1) is 11.0. The van der Waals surface area contributed by atoms with E-state index in [1.807, 2.05) is 0 Å². The van der Waals surface area contributed by atoms with Crippen molar-refractivity contribution in [3.63, 3.8) is 0 Å². The summed E-state index contributed by atoms with van der Waals surface area (Å²) in [6.45, 7) is 1.50. The van der Waals surface area contributed by atoms with Gasteiger partial charge < -0.3 is 4.74 Å². The average Bonchev–Trinajstić information content (AvgIpc) is 2.31. The molecule has 1 aliphatic rings. The summed E-state index contributed by atoms with van der Waals surface area (Å²) in [5.74, 6) is -0.0239. The summed E-state index contributed by atoms with van der Waals surface area (Å²) in [4.78, 5) is 19.1. The number of ketones is 1. The van der Waals surface area contributed by atoms with Crippen molar-refractivity contribution in [1.82, 2.24) is 9.97 Å². The van der Waals surface area contributed by atoms with E-state index >= 15 is 0 Å². The fourth-order valence-corrected chi connectivity index (χ4v) is 1.89. The van der Waals surface area contributed by atoms with Crippen molar-refractivity contribution >= 4 is 5.78 Å². The highest BCUT2D eigenvalue weighted by molar-refractivity contribution is 5.93. The van der Waals surface area contributed by atoms with Gasteiger partial charge in [0.05, 0.1) is 5.56 Å². The number of aromatic nitrogens is 2. The van der Waals surface area contributed by atoms with E-state index in [0.717, 1.165) is 12.8 Å². The minimum atomic E-state index is -0.0239. The second-order valence-corrected chi connectivity index (χ2v) is 4.19. The van der Waals surface area contributed by atoms with Crippen LogP contribution in [0.2, 0.25) is 0 Å². The number of rotatable bonds is 3. The van der Waals surface area contributed by atoms with Crippen molar-refractivity contribution in [1.29, 1.82) is 0 Å². The first-order valence-corrected chi connectivity index (χ1v) is 5.75. The third-order valence-electron chi connectivity index (χ3n) is 2.86. The summed E-state index contributed by atoms with van der Waals surface area (Å²) in [7, 11) is 0. The summed E-state index contributed by atoms with van der Waals surface area (Å²) >= 11 is 0. The van der Waals surface area contributed by atoms with E-state index in [1.165, 1.54) is 38.6 Å². The van der Waals surface area contributed by atoms with Gasteiger partial charge >= 0.3 is 6.01 Å². The molecule has 2 rings (SSSR count). The van der Waals surface area contributed by atoms with Gasteiger partial charge in [0, 0.05) is 12.4 Å². The van der Waals surface area contributed by atoms with E-state index in [-0.39, 0.29) is 11.9 Å². The average molecular weight is 220 g/mol. The number of nitrogens with zero attached hydrogens (tertiary/aromatic N) is 2. The van der Waals surface area contributed by atoms with Gasteiger partial charge in [-0.05, 0) is 32.6 Å². The summed E-state index contributed by atoms with van der Waals surface area (Å²) in [5.41, 5.74) is 0.524. The molecule has 0 amide bonds. The SMILES string of the molecule is CC(=O)c1cnc(OC2CCCCC2)nc1. The Morgan fingerprint density at radius 3 is 2.44 bits per heavy atom. The van der Waals surface area contributed by atoms with Crippen molar-refractivity contribution in [2.75, 3.05) is 0 Å². The Balaban J connectivity index is 1.96. The molecule has 86 valence electrons. The molecule has 0 aliphatic heterocycles. The molecule has 0 radical (unpaired) electrons. The van der Waals surface area contributed by atoms with E-state index in [2.05, 4.69) is 9.97 Å². The third-order valence-corrected chi connectivity index (χ3v) is 2.86. The quantitative estimate of drug-likeness (QED) is 0.734. The van der Waals surface area contributed by atoms with Crippen LogP contribution in [0.3, 0.4) is 0 Å². The van der Waals surface area contributed by atoms with Crippen LogP contribution in [0.4, 0.5) is 0 Å². The number of carbonyl (C=O) groups is 1. The molecule has 4 heteroatoms. The lowest BCUT2D eigenvalue weighted by Crippen LogP contribution is -2.20. The number of hydrogen-bond acceptors (Lipinski definition) is 4. The highest BCUT2D eigenvalue weighted by atomic mass is 16.5. The van der Waals surface area contributed by atoms with Gasteiger partial charge in [-0.25, -0.2) is 9.97 Å². The third kappa shape index (κ3) is 2.78. The molecule has 0 bridgehead atoms. The van der Waals surface area contributed by atoms with Crippen LogP contribution >= 0.6 is 0 Å². The standard InChI is InChI=1S/C12H16N2O2/c1-9(15)10-7-13-12(14-8-10)16-11-5-3-2-4-6-11/h7-8,11H,2-6H2,1H3. The zero-order chi connectivity index (χ0) is 11.4. The van der Waals surface area contributed by atoms with Gasteiger partial charge in [0.25, 0.3) is 0 Å². The Labute approximate surface area is 95.1 Å². The van der Waals surface area contributed by atoms with Crippen LogP contribution in [0.15, 0.2) is 12.4 Å². The smallest absolute Gasteiger partial charge is 0.316 e. The van der Waals surface area contributed by atoms with E-state index in [4.69, 9.17) is 4.74 Å². The molecule has 0 unspecified atom stereocenters. The van der Waals surface area contributed by atoms with Crippen LogP contribution in [-0.2, 0) is 0 Å². The van der Waals surface area contributed by atoms with E-state index in [1.54, 1.807) is 0 Å². The van der Waals surface area contributed by atoms with Crippen LogP contribution < -0.4 is 4.74 Å². The lowest BCUT2D eigenvalue weighted by molar-refractivity contribution is 0.101. The highest BCUT2D eigenvalue weighted by Gasteiger charge is 2.15. The van der Waals surface area contributed by atoms with Gasteiger partial charge in [-0.15, -0.1) is 0 Å². The first-order valence-electron chi connectivity index (χ1n) is 5.75. The van der Waals surface area contributed by atoms with Crippen molar-refractivity contribution in [3.8, 4) is 6.01 Å². The van der Waals surface area contributed by atoms with Crippen LogP contribution in [0.5, 0.6) is 6.01 Å². The molecule has 1 aliphatic carbocycles. The number of ether oxygens (including phenoxy) is 1. The van der Waals surface area contributed by atoms with Crippen molar-refractivity contribution in [3.05, 3.63) is 18.0 Å². The number of hydrogen-bond donors (Lipinski definition) is 0. The molecule has 0 saturated heterocycles. The summed E-state index contributed by atoms with van der Waals surface area (Å²) in [6.07, 6.45) is 9.18. The Hall–Kier alpha value is -1.45. The Bertz CT molecular complexity index is 356. The maximum atomic E-state index is 11.0. The Kier molecular flexibility index (Phi) is 3.49. The lowest BCUT2D eigenvalue weighted by atomic mass is 9.98. The van der Waals surface area contributed by atoms with Gasteiger partial charge in [-0.2, -0.15) is 0 Å². The normalized spacial score (nSPS) is 17.1. The number of Topliss-reactive ketones (excluding diaryl/α,β-unsaturated/α-hetero) is 1. The molecule has 1 saturated carbocycles. The Morgan fingerprint density at radius 2 is 1.88 bits per heavy atom. The van der Waals surface area contributed by atoms with Crippen LogP contribution in [0, 0.1) is 0 Å². The van der Waals surface area contributed by atoms with Crippen LogP contribution in [0.1, 0.15) is 49.4 Å². The minimum absolute atomic E-state index is 0.0239. The highest BCUT2D eigenvalue weighted by Crippen LogP contribution is 2.21. The second-order valence-electron chi connectivity index (χ2n) is 4.19. The van der Waals surface area contributed by atoms with E-state index < -0.39 is 0 Å². The van der Waals surface area contributed by atoms with Crippen molar-refractivity contribution in [2.45, 2.75) is 45.1 Å². The van der Waals surface area contributed by atoms with Crippen LogP contribution in [0.25, 0.3) is 0 Å². The molecule has 1 aromatic rings. The fourth-order valence-electron chi connectivity index (χ4n) is 1.89. The molecule has 0 N–H and O–H groups in total. The monoisotopic (exact) mass is 220 g/mol. The van der Waals surface area contributed by atoms with Crippen LogP contribution in [-0.4, -0.2) is 21.9 Å². The van der Waals surface area contributed by atoms with Gasteiger partial charge in [0.2, 0.25) is 0 Å². The molecule has 4 nitrogen and oxygen atoms in total. The summed E-state index contributed by atoms with van der Waals surface area (Å²) in [5, 5.41) is 0. The predicted octanol–water partition coefficient (Wildman–Crippen LogP) is 2.39. The summed E-state index contributed by atoms with van der Waals surface area (Å²) < 4.78 is 5.66. The lowest BCUT2D eigenvalue weighted by Gasteiger charge is -2.21. The Morgan fingerprint density at radius 1 is 1.25 bits per heavy atom. The topological polar surface area (TPSA) is 52.1 Å². The largest absolute Gasteiger partial charge is 0.460 e. The zero-order valence-corrected chi connectivity index (χ0v) is 9.48. The molecule has 16 heavy (non-hydrogen) atoms.